The smallest absolute Gasteiger partial charge is 0.168 e. The minimum Gasteiger partial charge on any atom is -0.233 e. The lowest BCUT2D eigenvalue weighted by Gasteiger charge is -2.20. The van der Waals surface area contributed by atoms with E-state index in [0.29, 0.717) is 0 Å². The van der Waals surface area contributed by atoms with Crippen LogP contribution < -0.4 is 5.19 Å². The first kappa shape index (κ1) is 12.6. The summed E-state index contributed by atoms with van der Waals surface area (Å²) in [4.78, 5) is 0. The maximum Gasteiger partial charge on any atom is 0.168 e. The summed E-state index contributed by atoms with van der Waals surface area (Å²) in [5.41, 5.74) is 3.11. The first-order chi connectivity index (χ1) is 7.98. The molecule has 0 radical (unpaired) electrons. The molecule has 0 fully saturated rings. The fourth-order valence-corrected chi connectivity index (χ4v) is 4.41. The van der Waals surface area contributed by atoms with Crippen molar-refractivity contribution >= 4 is 19.0 Å². The Morgan fingerprint density at radius 3 is 2.47 bits per heavy atom. The van der Waals surface area contributed by atoms with Gasteiger partial charge in [-0.15, -0.1) is 0 Å². The van der Waals surface area contributed by atoms with Crippen LogP contribution in [0.3, 0.4) is 0 Å². The Bertz CT molecular complexity index is 440. The molecular weight excluding hydrogens is 222 g/mol. The number of nitrogens with zero attached hydrogens (tertiary/aromatic N) is 1. The molecule has 1 heterocycles. The molecular formula is C15H24NSi+. The van der Waals surface area contributed by atoms with Crippen molar-refractivity contribution in [3.05, 3.63) is 29.8 Å². The van der Waals surface area contributed by atoms with Crippen molar-refractivity contribution in [2.75, 3.05) is 6.54 Å². The Kier molecular flexibility index (Phi) is 3.52. The van der Waals surface area contributed by atoms with Gasteiger partial charge in [-0.05, 0) is 0 Å². The molecule has 0 N–H and O–H groups in total. The normalized spacial score (nSPS) is 16.7. The van der Waals surface area contributed by atoms with Gasteiger partial charge in [0, 0.05) is 25.3 Å². The second-order valence-corrected chi connectivity index (χ2v) is 11.2. The van der Waals surface area contributed by atoms with Crippen LogP contribution in [0.2, 0.25) is 19.6 Å². The third kappa shape index (κ3) is 2.86. The molecule has 1 aromatic rings. The van der Waals surface area contributed by atoms with Crippen molar-refractivity contribution < 1.29 is 4.58 Å². The summed E-state index contributed by atoms with van der Waals surface area (Å²) >= 11 is 0. The second kappa shape index (κ2) is 4.77. The third-order valence-corrected chi connectivity index (χ3v) is 5.80. The zero-order valence-electron chi connectivity index (χ0n) is 11.6. The van der Waals surface area contributed by atoms with E-state index in [2.05, 4.69) is 55.4 Å². The molecule has 2 heteroatoms. The van der Waals surface area contributed by atoms with E-state index in [1.807, 2.05) is 0 Å². The van der Waals surface area contributed by atoms with Crippen LogP contribution in [-0.2, 0) is 6.54 Å². The molecule has 0 saturated carbocycles. The molecule has 92 valence electrons. The lowest BCUT2D eigenvalue weighted by molar-refractivity contribution is -0.536. The van der Waals surface area contributed by atoms with Crippen molar-refractivity contribution in [1.29, 1.82) is 0 Å². The Morgan fingerprint density at radius 1 is 1.18 bits per heavy atom. The Morgan fingerprint density at radius 2 is 1.88 bits per heavy atom. The SMILES string of the molecule is CC1=[N+](Cc2ccccc2[Si](C)(C)C)CCC1. The van der Waals surface area contributed by atoms with Crippen LogP contribution in [0, 0.1) is 0 Å². The average Bonchev–Trinajstić information content (AvgIpc) is 2.64. The van der Waals surface area contributed by atoms with Crippen LogP contribution in [0.1, 0.15) is 25.3 Å². The molecule has 17 heavy (non-hydrogen) atoms. The van der Waals surface area contributed by atoms with E-state index in [1.165, 1.54) is 19.4 Å². The molecule has 0 atom stereocenters. The minimum absolute atomic E-state index is 1.12. The summed E-state index contributed by atoms with van der Waals surface area (Å²) in [6.45, 7) is 12.0. The van der Waals surface area contributed by atoms with Crippen molar-refractivity contribution in [2.24, 2.45) is 0 Å². The van der Waals surface area contributed by atoms with Gasteiger partial charge in [-0.3, -0.25) is 0 Å². The average molecular weight is 246 g/mol. The lowest BCUT2D eigenvalue weighted by atomic mass is 10.2. The first-order valence-corrected chi connectivity index (χ1v) is 10.1. The molecule has 0 saturated heterocycles. The molecule has 1 nitrogen and oxygen atoms in total. The molecule has 0 aromatic heterocycles. The standard InChI is InChI=1S/C15H24NSi/c1-13-8-7-11-16(13)12-14-9-5-6-10-15(14)17(2,3)4/h5-6,9-10H,7-8,11-12H2,1-4H3/q+1. The summed E-state index contributed by atoms with van der Waals surface area (Å²) in [7, 11) is -1.21. The van der Waals surface area contributed by atoms with Gasteiger partial charge in [0.2, 0.25) is 0 Å². The van der Waals surface area contributed by atoms with E-state index in [0.717, 1.165) is 6.54 Å². The fraction of sp³-hybridized carbons (Fsp3) is 0.533. The van der Waals surface area contributed by atoms with Gasteiger partial charge in [-0.1, -0.05) is 49.1 Å². The predicted molar refractivity (Wildman–Crippen MR) is 78.2 cm³/mol. The van der Waals surface area contributed by atoms with Crippen LogP contribution in [0.25, 0.3) is 0 Å². The van der Waals surface area contributed by atoms with Crippen LogP contribution >= 0.6 is 0 Å². The molecule has 0 bridgehead atoms. The maximum atomic E-state index is 2.55. The van der Waals surface area contributed by atoms with Gasteiger partial charge in [0.25, 0.3) is 0 Å². The zero-order chi connectivity index (χ0) is 12.5. The molecule has 0 aliphatic carbocycles. The van der Waals surface area contributed by atoms with Crippen LogP contribution in [-0.4, -0.2) is 24.9 Å². The van der Waals surface area contributed by atoms with E-state index >= 15 is 0 Å². The minimum atomic E-state index is -1.21. The van der Waals surface area contributed by atoms with Crippen molar-refractivity contribution in [3.8, 4) is 0 Å². The van der Waals surface area contributed by atoms with Gasteiger partial charge in [0.1, 0.15) is 12.3 Å². The maximum absolute atomic E-state index is 2.55. The van der Waals surface area contributed by atoms with Crippen molar-refractivity contribution in [3.63, 3.8) is 0 Å². The molecule has 0 unspecified atom stereocenters. The molecule has 1 aliphatic rings. The van der Waals surface area contributed by atoms with Gasteiger partial charge >= 0.3 is 0 Å². The first-order valence-electron chi connectivity index (χ1n) is 6.64. The number of rotatable bonds is 3. The third-order valence-electron chi connectivity index (χ3n) is 3.69. The largest absolute Gasteiger partial charge is 0.233 e. The van der Waals surface area contributed by atoms with E-state index in [9.17, 15) is 0 Å². The van der Waals surface area contributed by atoms with Crippen molar-refractivity contribution in [1.82, 2.24) is 0 Å². The van der Waals surface area contributed by atoms with Crippen LogP contribution in [0.15, 0.2) is 24.3 Å². The molecule has 1 aromatic carbocycles. The molecule has 0 spiro atoms. The molecule has 2 rings (SSSR count). The lowest BCUT2D eigenvalue weighted by Crippen LogP contribution is -2.40. The highest BCUT2D eigenvalue weighted by molar-refractivity contribution is 6.89. The monoisotopic (exact) mass is 246 g/mol. The summed E-state index contributed by atoms with van der Waals surface area (Å²) in [6, 6.07) is 9.04. The highest BCUT2D eigenvalue weighted by Crippen LogP contribution is 2.12. The van der Waals surface area contributed by atoms with Gasteiger partial charge < -0.3 is 0 Å². The summed E-state index contributed by atoms with van der Waals surface area (Å²) < 4.78 is 2.55. The van der Waals surface area contributed by atoms with Gasteiger partial charge in [0.05, 0.1) is 8.07 Å². The highest BCUT2D eigenvalue weighted by Gasteiger charge is 2.24. The Hall–Kier alpha value is -0.893. The van der Waals surface area contributed by atoms with Crippen LogP contribution in [0.5, 0.6) is 0 Å². The van der Waals surface area contributed by atoms with Crippen molar-refractivity contribution in [2.45, 2.75) is 46.0 Å². The number of hydrogen-bond donors (Lipinski definition) is 0. The summed E-state index contributed by atoms with van der Waals surface area (Å²) in [5.74, 6) is 0. The second-order valence-electron chi connectivity index (χ2n) is 6.17. The summed E-state index contributed by atoms with van der Waals surface area (Å²) in [5, 5.41) is 1.62. The topological polar surface area (TPSA) is 3.01 Å². The highest BCUT2D eigenvalue weighted by atomic mass is 28.3. The quantitative estimate of drug-likeness (QED) is 0.570. The number of hydrogen-bond acceptors (Lipinski definition) is 0. The fourth-order valence-electron chi connectivity index (χ4n) is 2.68. The van der Waals surface area contributed by atoms with E-state index in [1.54, 1.807) is 16.5 Å². The van der Waals surface area contributed by atoms with E-state index in [-0.39, 0.29) is 0 Å². The van der Waals surface area contributed by atoms with Crippen LogP contribution in [0.4, 0.5) is 0 Å². The van der Waals surface area contributed by atoms with Gasteiger partial charge in [0.15, 0.2) is 6.54 Å². The Balaban J connectivity index is 2.30. The van der Waals surface area contributed by atoms with Gasteiger partial charge in [-0.25, -0.2) is 4.58 Å². The Labute approximate surface area is 106 Å². The zero-order valence-corrected chi connectivity index (χ0v) is 12.6. The number of benzene rings is 1. The molecule has 1 aliphatic heterocycles. The van der Waals surface area contributed by atoms with E-state index < -0.39 is 8.07 Å². The molecule has 0 amide bonds. The van der Waals surface area contributed by atoms with E-state index in [4.69, 9.17) is 0 Å². The predicted octanol–water partition coefficient (Wildman–Crippen LogP) is 3.00. The summed E-state index contributed by atoms with van der Waals surface area (Å²) in [6.07, 6.45) is 2.62. The van der Waals surface area contributed by atoms with Gasteiger partial charge in [-0.2, -0.15) is 0 Å².